The molecule has 1 N–H and O–H groups in total. The Labute approximate surface area is 166 Å². The van der Waals surface area contributed by atoms with Gasteiger partial charge in [-0.15, -0.1) is 11.3 Å². The van der Waals surface area contributed by atoms with E-state index >= 15 is 0 Å². The van der Waals surface area contributed by atoms with Gasteiger partial charge >= 0.3 is 5.97 Å². The molecule has 3 aromatic heterocycles. The van der Waals surface area contributed by atoms with E-state index in [4.69, 9.17) is 9.72 Å². The first-order chi connectivity index (χ1) is 13.4. The van der Waals surface area contributed by atoms with E-state index in [0.29, 0.717) is 23.1 Å². The summed E-state index contributed by atoms with van der Waals surface area (Å²) in [6.07, 6.45) is 0. The number of nitrogens with zero attached hydrogens (tertiary/aromatic N) is 4. The average molecular weight is 395 g/mol. The van der Waals surface area contributed by atoms with Crippen molar-refractivity contribution in [1.82, 2.24) is 19.5 Å². The summed E-state index contributed by atoms with van der Waals surface area (Å²) in [5, 5.41) is 4.24. The van der Waals surface area contributed by atoms with Crippen molar-refractivity contribution in [3.63, 3.8) is 0 Å². The van der Waals surface area contributed by atoms with Gasteiger partial charge in [-0.3, -0.25) is 0 Å². The maximum Gasteiger partial charge on any atom is 0.348 e. The molecular weight excluding hydrogens is 374 g/mol. The molecule has 0 fully saturated rings. The summed E-state index contributed by atoms with van der Waals surface area (Å²) >= 11 is 1.33. The Kier molecular flexibility index (Phi) is 4.50. The second-order valence-electron chi connectivity index (χ2n) is 6.78. The van der Waals surface area contributed by atoms with Crippen LogP contribution in [0.2, 0.25) is 0 Å². The number of nitrogens with one attached hydrogen (secondary N) is 1. The van der Waals surface area contributed by atoms with Gasteiger partial charge in [-0.2, -0.15) is 0 Å². The predicted octanol–water partition coefficient (Wildman–Crippen LogP) is 3.90. The summed E-state index contributed by atoms with van der Waals surface area (Å²) < 4.78 is 6.97. The molecule has 7 nitrogen and oxygen atoms in total. The van der Waals surface area contributed by atoms with Crippen molar-refractivity contribution in [2.45, 2.75) is 27.3 Å². The molecule has 0 aliphatic heterocycles. The van der Waals surface area contributed by atoms with E-state index in [1.54, 1.807) is 0 Å². The van der Waals surface area contributed by atoms with Gasteiger partial charge in [0.05, 0.1) is 30.1 Å². The van der Waals surface area contributed by atoms with E-state index in [1.807, 2.05) is 20.9 Å². The van der Waals surface area contributed by atoms with Crippen LogP contribution in [-0.2, 0) is 18.3 Å². The number of anilines is 1. The van der Waals surface area contributed by atoms with E-state index in [9.17, 15) is 4.79 Å². The van der Waals surface area contributed by atoms with Crippen LogP contribution in [0.3, 0.4) is 0 Å². The molecule has 0 atom stereocenters. The van der Waals surface area contributed by atoms with Gasteiger partial charge in [-0.05, 0) is 44.0 Å². The minimum atomic E-state index is -0.352. The molecule has 0 amide bonds. The summed E-state index contributed by atoms with van der Waals surface area (Å²) in [5.41, 5.74) is 4.08. The zero-order valence-electron chi connectivity index (χ0n) is 16.5. The third-order valence-electron chi connectivity index (χ3n) is 4.82. The Balaban J connectivity index is 1.73. The number of thiophene rings is 1. The average Bonchev–Trinajstić information content (AvgIpc) is 3.15. The number of carbonyl (C=O) groups excluding carboxylic acids is 1. The number of hydrogen-bond donors (Lipinski definition) is 1. The smallest absolute Gasteiger partial charge is 0.348 e. The maximum absolute atomic E-state index is 12.1. The number of benzene rings is 1. The monoisotopic (exact) mass is 395 g/mol. The number of rotatable bonds is 4. The molecule has 0 spiro atoms. The van der Waals surface area contributed by atoms with Crippen LogP contribution in [0.25, 0.3) is 21.3 Å². The van der Waals surface area contributed by atoms with Crippen molar-refractivity contribution in [2.24, 2.45) is 7.05 Å². The minimum Gasteiger partial charge on any atom is -0.465 e. The molecule has 144 valence electrons. The molecule has 0 aliphatic rings. The Morgan fingerprint density at radius 2 is 2.00 bits per heavy atom. The summed E-state index contributed by atoms with van der Waals surface area (Å²) in [4.78, 5) is 27.2. The van der Waals surface area contributed by atoms with Gasteiger partial charge in [0.15, 0.2) is 0 Å². The van der Waals surface area contributed by atoms with Gasteiger partial charge in [0.1, 0.15) is 27.2 Å². The largest absolute Gasteiger partial charge is 0.465 e. The Morgan fingerprint density at radius 1 is 1.21 bits per heavy atom. The lowest BCUT2D eigenvalue weighted by Crippen LogP contribution is -2.08. The number of methoxy groups -OCH3 is 1. The summed E-state index contributed by atoms with van der Waals surface area (Å²) in [5.74, 6) is 1.91. The van der Waals surface area contributed by atoms with Crippen molar-refractivity contribution >= 4 is 44.4 Å². The van der Waals surface area contributed by atoms with Gasteiger partial charge in [0.25, 0.3) is 0 Å². The van der Waals surface area contributed by atoms with E-state index in [1.165, 1.54) is 24.0 Å². The Bertz CT molecular complexity index is 1220. The number of esters is 1. The topological polar surface area (TPSA) is 81.9 Å². The van der Waals surface area contributed by atoms with Crippen molar-refractivity contribution in [2.75, 3.05) is 12.4 Å². The van der Waals surface area contributed by atoms with E-state index < -0.39 is 0 Å². The van der Waals surface area contributed by atoms with E-state index in [-0.39, 0.29) is 5.97 Å². The van der Waals surface area contributed by atoms with Crippen LogP contribution in [0, 0.1) is 20.8 Å². The standard InChI is InChI=1S/C20H21N5O2S/c1-10-6-7-14-13(8-10)24-15(25(14)4)9-21-18-16-11(2)17(20(26)27-5)28-19(16)23-12(3)22-18/h6-8H,9H2,1-5H3,(H,21,22,23). The Morgan fingerprint density at radius 3 is 2.75 bits per heavy atom. The van der Waals surface area contributed by atoms with Crippen LogP contribution in [0.15, 0.2) is 18.2 Å². The van der Waals surface area contributed by atoms with Crippen LogP contribution >= 0.6 is 11.3 Å². The molecule has 0 unspecified atom stereocenters. The fraction of sp³-hybridized carbons (Fsp3) is 0.300. The van der Waals surface area contributed by atoms with E-state index in [2.05, 4.69) is 45.0 Å². The number of hydrogen-bond acceptors (Lipinski definition) is 7. The molecule has 8 heteroatoms. The number of imidazole rings is 1. The molecule has 4 aromatic rings. The van der Waals surface area contributed by atoms with Crippen molar-refractivity contribution in [3.05, 3.63) is 45.9 Å². The highest BCUT2D eigenvalue weighted by Gasteiger charge is 2.20. The van der Waals surface area contributed by atoms with Gasteiger partial charge < -0.3 is 14.6 Å². The quantitative estimate of drug-likeness (QED) is 0.528. The van der Waals surface area contributed by atoms with Crippen LogP contribution in [0.4, 0.5) is 5.82 Å². The molecule has 0 radical (unpaired) electrons. The third-order valence-corrected chi connectivity index (χ3v) is 5.98. The first-order valence-electron chi connectivity index (χ1n) is 8.91. The molecule has 4 rings (SSSR count). The van der Waals surface area contributed by atoms with Crippen LogP contribution in [0.5, 0.6) is 0 Å². The summed E-state index contributed by atoms with van der Waals surface area (Å²) in [6.45, 7) is 6.31. The van der Waals surface area contributed by atoms with Crippen LogP contribution < -0.4 is 5.32 Å². The number of fused-ring (bicyclic) bond motifs is 2. The first-order valence-corrected chi connectivity index (χ1v) is 9.72. The van der Waals surface area contributed by atoms with Crippen molar-refractivity contribution < 1.29 is 9.53 Å². The SMILES string of the molecule is COC(=O)c1sc2nc(C)nc(NCc3nc4cc(C)ccc4n3C)c2c1C. The van der Waals surface area contributed by atoms with Crippen LogP contribution in [0.1, 0.15) is 32.4 Å². The van der Waals surface area contributed by atoms with Gasteiger partial charge in [0, 0.05) is 7.05 Å². The van der Waals surface area contributed by atoms with E-state index in [0.717, 1.165) is 32.6 Å². The fourth-order valence-electron chi connectivity index (χ4n) is 3.34. The first kappa shape index (κ1) is 18.4. The minimum absolute atomic E-state index is 0.352. The lowest BCUT2D eigenvalue weighted by atomic mass is 10.2. The highest BCUT2D eigenvalue weighted by atomic mass is 32.1. The lowest BCUT2D eigenvalue weighted by molar-refractivity contribution is 0.0605. The third kappa shape index (κ3) is 2.99. The maximum atomic E-state index is 12.1. The van der Waals surface area contributed by atoms with Crippen LogP contribution in [-0.4, -0.2) is 32.6 Å². The highest BCUT2D eigenvalue weighted by molar-refractivity contribution is 7.20. The van der Waals surface area contributed by atoms with Gasteiger partial charge in [-0.1, -0.05) is 6.07 Å². The summed E-state index contributed by atoms with van der Waals surface area (Å²) in [6, 6.07) is 6.25. The summed E-state index contributed by atoms with van der Waals surface area (Å²) in [7, 11) is 3.39. The number of aromatic nitrogens is 4. The normalized spacial score (nSPS) is 11.3. The zero-order valence-corrected chi connectivity index (χ0v) is 17.3. The fourth-order valence-corrected chi connectivity index (χ4v) is 4.49. The lowest BCUT2D eigenvalue weighted by Gasteiger charge is -2.09. The Hall–Kier alpha value is -3.00. The highest BCUT2D eigenvalue weighted by Crippen LogP contribution is 2.34. The van der Waals surface area contributed by atoms with Crippen molar-refractivity contribution in [1.29, 1.82) is 0 Å². The number of aryl methyl sites for hydroxylation is 4. The number of carbonyl (C=O) groups is 1. The second-order valence-corrected chi connectivity index (χ2v) is 7.78. The van der Waals surface area contributed by atoms with Crippen molar-refractivity contribution in [3.8, 4) is 0 Å². The second kappa shape index (κ2) is 6.87. The van der Waals surface area contributed by atoms with Gasteiger partial charge in [0.2, 0.25) is 0 Å². The zero-order chi connectivity index (χ0) is 20.0. The molecule has 28 heavy (non-hydrogen) atoms. The van der Waals surface area contributed by atoms with Gasteiger partial charge in [-0.25, -0.2) is 19.7 Å². The molecule has 0 saturated carbocycles. The molecular formula is C20H21N5O2S. The molecule has 1 aromatic carbocycles. The molecule has 3 heterocycles. The number of ether oxygens (including phenoxy) is 1. The molecule has 0 bridgehead atoms. The molecule has 0 saturated heterocycles. The molecule has 0 aliphatic carbocycles. The predicted molar refractivity (Wildman–Crippen MR) is 111 cm³/mol.